The summed E-state index contributed by atoms with van der Waals surface area (Å²) < 4.78 is 12.5. The average Bonchev–Trinajstić information content (AvgIpc) is 3.22. The number of hydrogen-bond donors (Lipinski definition) is 1. The van der Waals surface area contributed by atoms with E-state index < -0.39 is 11.9 Å². The molecule has 1 saturated heterocycles. The van der Waals surface area contributed by atoms with E-state index in [4.69, 9.17) is 9.47 Å². The normalized spacial score (nSPS) is 46.4. The van der Waals surface area contributed by atoms with Crippen molar-refractivity contribution in [3.05, 3.63) is 35.4 Å². The van der Waals surface area contributed by atoms with Gasteiger partial charge in [0.1, 0.15) is 12.2 Å². The zero-order chi connectivity index (χ0) is 31.7. The number of carboxylic acid groups (broad SMARTS) is 1. The predicted octanol–water partition coefficient (Wildman–Crippen LogP) is 8.33. The molecular formula is C38H52O6. The number of benzene rings is 1. The van der Waals surface area contributed by atoms with Gasteiger partial charge in [-0.25, -0.2) is 9.59 Å². The Bertz CT molecular complexity index is 1410. The fourth-order valence-corrected chi connectivity index (χ4v) is 13.1. The number of fused-ring (bicyclic) bond motifs is 5. The Morgan fingerprint density at radius 2 is 1.48 bits per heavy atom. The lowest BCUT2D eigenvalue weighted by atomic mass is 9.31. The van der Waals surface area contributed by atoms with E-state index in [1.807, 2.05) is 0 Å². The maximum absolute atomic E-state index is 13.5. The van der Waals surface area contributed by atoms with E-state index in [2.05, 4.69) is 48.5 Å². The molecule has 0 unspecified atom stereocenters. The van der Waals surface area contributed by atoms with Gasteiger partial charge in [-0.1, -0.05) is 60.6 Å². The van der Waals surface area contributed by atoms with Gasteiger partial charge in [0, 0.05) is 16.7 Å². The van der Waals surface area contributed by atoms with Crippen molar-refractivity contribution in [3.8, 4) is 0 Å². The molecule has 0 amide bonds. The fourth-order valence-electron chi connectivity index (χ4n) is 13.1. The van der Waals surface area contributed by atoms with Crippen LogP contribution < -0.4 is 0 Å². The zero-order valence-corrected chi connectivity index (χ0v) is 27.8. The lowest BCUT2D eigenvalue weighted by Crippen LogP contribution is -2.68. The Kier molecular flexibility index (Phi) is 6.43. The van der Waals surface area contributed by atoms with Crippen LogP contribution in [0.5, 0.6) is 0 Å². The van der Waals surface area contributed by atoms with Crippen LogP contribution >= 0.6 is 0 Å². The van der Waals surface area contributed by atoms with Crippen LogP contribution in [0, 0.1) is 56.2 Å². The van der Waals surface area contributed by atoms with Crippen molar-refractivity contribution in [1.82, 2.24) is 0 Å². The monoisotopic (exact) mass is 604 g/mol. The van der Waals surface area contributed by atoms with E-state index in [0.717, 1.165) is 51.4 Å². The van der Waals surface area contributed by atoms with Crippen LogP contribution in [0.2, 0.25) is 0 Å². The topological polar surface area (TPSA) is 89.9 Å². The van der Waals surface area contributed by atoms with E-state index in [0.29, 0.717) is 23.7 Å². The minimum atomic E-state index is -1.11. The summed E-state index contributed by atoms with van der Waals surface area (Å²) in [5.41, 5.74) is 0.109. The van der Waals surface area contributed by atoms with Crippen molar-refractivity contribution in [2.24, 2.45) is 56.2 Å². The van der Waals surface area contributed by atoms with Crippen molar-refractivity contribution < 1.29 is 29.0 Å². The first-order valence-electron chi connectivity index (χ1n) is 17.3. The summed E-state index contributed by atoms with van der Waals surface area (Å²) in [6.07, 6.45) is 10.3. The van der Waals surface area contributed by atoms with E-state index in [9.17, 15) is 19.5 Å². The number of aromatic carboxylic acids is 1. The Balaban J connectivity index is 1.17. The predicted molar refractivity (Wildman–Crippen MR) is 167 cm³/mol. The first kappa shape index (κ1) is 30.3. The molecule has 44 heavy (non-hydrogen) atoms. The molecule has 5 aliphatic carbocycles. The molecule has 0 radical (unpaired) electrons. The minimum absolute atomic E-state index is 0.00876. The Hall–Kier alpha value is -2.37. The van der Waals surface area contributed by atoms with Crippen LogP contribution in [0.25, 0.3) is 0 Å². The molecule has 1 heterocycles. The highest BCUT2D eigenvalue weighted by Gasteiger charge is 2.75. The van der Waals surface area contributed by atoms with E-state index in [1.54, 1.807) is 18.2 Å². The van der Waals surface area contributed by atoms with Gasteiger partial charge in [0.25, 0.3) is 0 Å². The quantitative estimate of drug-likeness (QED) is 0.349. The maximum atomic E-state index is 13.5. The number of esters is 2. The highest BCUT2D eigenvalue weighted by Crippen LogP contribution is 2.78. The number of carbonyl (C=O) groups excluding carboxylic acids is 2. The summed E-state index contributed by atoms with van der Waals surface area (Å²) in [7, 11) is 0. The lowest BCUT2D eigenvalue weighted by Gasteiger charge is -2.73. The highest BCUT2D eigenvalue weighted by atomic mass is 16.6. The molecule has 5 saturated carbocycles. The zero-order valence-electron chi connectivity index (χ0n) is 27.8. The molecule has 0 spiro atoms. The second-order valence-electron chi connectivity index (χ2n) is 17.8. The highest BCUT2D eigenvalue weighted by molar-refractivity contribution is 6.02. The molecular weight excluding hydrogens is 552 g/mol. The number of ether oxygens (including phenoxy) is 2. The summed E-state index contributed by atoms with van der Waals surface area (Å²) in [5, 5.41) is 9.65. The van der Waals surface area contributed by atoms with Gasteiger partial charge in [0.2, 0.25) is 0 Å². The molecule has 7 rings (SSSR count). The largest absolute Gasteiger partial charge is 0.478 e. The second kappa shape index (κ2) is 9.35. The van der Waals surface area contributed by atoms with E-state index in [1.165, 1.54) is 18.9 Å². The summed E-state index contributed by atoms with van der Waals surface area (Å²) in [6, 6.07) is 6.36. The smallest absolute Gasteiger partial charge is 0.339 e. The van der Waals surface area contributed by atoms with Gasteiger partial charge in [-0.3, -0.25) is 4.79 Å². The molecule has 1 aromatic carbocycles. The number of carbonyl (C=O) groups is 3. The van der Waals surface area contributed by atoms with Crippen LogP contribution in [-0.4, -0.2) is 35.2 Å². The van der Waals surface area contributed by atoms with Crippen molar-refractivity contribution in [2.45, 2.75) is 125 Å². The number of hydrogen-bond acceptors (Lipinski definition) is 5. The van der Waals surface area contributed by atoms with E-state index in [-0.39, 0.29) is 61.8 Å². The molecule has 2 bridgehead atoms. The molecule has 6 aliphatic rings. The fraction of sp³-hybridized carbons (Fsp3) is 0.763. The molecule has 6 nitrogen and oxygen atoms in total. The number of rotatable bonds is 3. The van der Waals surface area contributed by atoms with Crippen LogP contribution in [0.4, 0.5) is 0 Å². The third-order valence-corrected chi connectivity index (χ3v) is 15.6. The van der Waals surface area contributed by atoms with Crippen LogP contribution in [0.3, 0.4) is 0 Å². The van der Waals surface area contributed by atoms with Crippen LogP contribution in [0.1, 0.15) is 133 Å². The summed E-state index contributed by atoms with van der Waals surface area (Å²) in [4.78, 5) is 38.7. The first-order valence-corrected chi connectivity index (χ1v) is 17.3. The van der Waals surface area contributed by atoms with Crippen molar-refractivity contribution >= 4 is 17.9 Å². The Morgan fingerprint density at radius 1 is 0.795 bits per heavy atom. The van der Waals surface area contributed by atoms with Crippen LogP contribution in [0.15, 0.2) is 24.3 Å². The summed E-state index contributed by atoms with van der Waals surface area (Å²) in [5.74, 6) is 0.269. The van der Waals surface area contributed by atoms with Crippen molar-refractivity contribution in [3.63, 3.8) is 0 Å². The van der Waals surface area contributed by atoms with Crippen molar-refractivity contribution in [1.29, 1.82) is 0 Å². The maximum Gasteiger partial charge on any atom is 0.339 e. The first-order chi connectivity index (χ1) is 20.5. The van der Waals surface area contributed by atoms with Gasteiger partial charge in [-0.05, 0) is 110 Å². The SMILES string of the molecule is CC1(C)CC[C@@]23CC[C@]4(C)[C@H](CC[C@@H]5[C@@]6(C)CC[C@@H](OC(=O)c7ccccc7C(=O)O)C(C)(C)[C@H]6CC[C@]54C)[C@@H]2[C@H]1OC3=O. The molecule has 6 fully saturated rings. The van der Waals surface area contributed by atoms with Gasteiger partial charge in [-0.2, -0.15) is 0 Å². The standard InChI is InChI=1S/C38H52O6/c1-33(2)18-20-38-21-19-36(6)24(28(38)29(33)44-32(38)42)12-13-26-35(5)16-15-27(34(3,4)25(35)14-17-37(26,36)7)43-31(41)23-11-9-8-10-22(23)30(39)40/h8-11,24-29H,12-21H2,1-7H3,(H,39,40)/t24-,25-,26-,27-,28-,29-,35+,36-,37-,38-/m1/s1. The van der Waals surface area contributed by atoms with Crippen molar-refractivity contribution in [2.75, 3.05) is 0 Å². The summed E-state index contributed by atoms with van der Waals surface area (Å²) in [6.45, 7) is 16.9. The van der Waals surface area contributed by atoms with Crippen LogP contribution in [-0.2, 0) is 14.3 Å². The molecule has 10 atom stereocenters. The average molecular weight is 605 g/mol. The van der Waals surface area contributed by atoms with E-state index >= 15 is 0 Å². The summed E-state index contributed by atoms with van der Waals surface area (Å²) >= 11 is 0. The Morgan fingerprint density at radius 3 is 2.18 bits per heavy atom. The molecule has 1 N–H and O–H groups in total. The van der Waals surface area contributed by atoms with Gasteiger partial charge >= 0.3 is 17.9 Å². The molecule has 6 heteroatoms. The second-order valence-corrected chi connectivity index (χ2v) is 17.8. The lowest BCUT2D eigenvalue weighted by molar-refractivity contribution is -0.252. The minimum Gasteiger partial charge on any atom is -0.478 e. The third-order valence-electron chi connectivity index (χ3n) is 15.6. The van der Waals surface area contributed by atoms with Gasteiger partial charge < -0.3 is 14.6 Å². The van der Waals surface area contributed by atoms with Gasteiger partial charge in [-0.15, -0.1) is 0 Å². The molecule has 0 aromatic heterocycles. The Labute approximate surface area is 263 Å². The van der Waals surface area contributed by atoms with Gasteiger partial charge in [0.05, 0.1) is 16.5 Å². The third kappa shape index (κ3) is 3.69. The van der Waals surface area contributed by atoms with Gasteiger partial charge in [0.15, 0.2) is 0 Å². The molecule has 240 valence electrons. The molecule has 1 aliphatic heterocycles. The number of carboxylic acids is 1. The molecule has 1 aromatic rings.